The van der Waals surface area contributed by atoms with Crippen molar-refractivity contribution in [3.05, 3.63) is 52.5 Å². The van der Waals surface area contributed by atoms with Crippen LogP contribution in [0.15, 0.2) is 41.3 Å². The zero-order chi connectivity index (χ0) is 20.4. The summed E-state index contributed by atoms with van der Waals surface area (Å²) in [6.07, 6.45) is -4.76. The van der Waals surface area contributed by atoms with E-state index in [1.54, 1.807) is 18.2 Å². The number of nitrogens with zero attached hydrogens (tertiary/aromatic N) is 1. The second-order valence-electron chi connectivity index (χ2n) is 5.59. The van der Waals surface area contributed by atoms with Gasteiger partial charge in [0.1, 0.15) is 0 Å². The number of methoxy groups -OCH3 is 2. The minimum Gasteiger partial charge on any atom is -0.493 e. The first-order chi connectivity index (χ1) is 12.5. The summed E-state index contributed by atoms with van der Waals surface area (Å²) in [6, 6.07) is 7.32. The molecule has 0 aliphatic rings. The quantitative estimate of drug-likeness (QED) is 0.699. The number of halogens is 4. The van der Waals surface area contributed by atoms with Crippen LogP contribution in [0, 0.1) is 0 Å². The molecule has 0 heterocycles. The summed E-state index contributed by atoms with van der Waals surface area (Å²) in [6.45, 7) is -0.0767. The third kappa shape index (κ3) is 4.66. The maximum absolute atomic E-state index is 13.0. The van der Waals surface area contributed by atoms with E-state index in [-0.39, 0.29) is 6.54 Å². The highest BCUT2D eigenvalue weighted by Gasteiger charge is 2.35. The Morgan fingerprint density at radius 2 is 1.67 bits per heavy atom. The first-order valence-corrected chi connectivity index (χ1v) is 9.36. The lowest BCUT2D eigenvalue weighted by Crippen LogP contribution is -2.27. The van der Waals surface area contributed by atoms with Crippen LogP contribution in [0.2, 0.25) is 5.02 Å². The molecule has 2 aromatic rings. The Bertz CT molecular complexity index is 932. The fourth-order valence-corrected chi connectivity index (χ4v) is 3.79. The Morgan fingerprint density at radius 3 is 2.22 bits per heavy atom. The van der Waals surface area contributed by atoms with Gasteiger partial charge in [-0.05, 0) is 35.9 Å². The number of benzene rings is 2. The topological polar surface area (TPSA) is 55.8 Å². The van der Waals surface area contributed by atoms with Crippen molar-refractivity contribution in [2.24, 2.45) is 0 Å². The van der Waals surface area contributed by atoms with Crippen molar-refractivity contribution in [1.29, 1.82) is 0 Å². The zero-order valence-corrected chi connectivity index (χ0v) is 16.2. The molecule has 10 heteroatoms. The number of alkyl halides is 3. The second kappa shape index (κ2) is 7.95. The van der Waals surface area contributed by atoms with Gasteiger partial charge in [0.15, 0.2) is 11.5 Å². The van der Waals surface area contributed by atoms with Crippen molar-refractivity contribution in [2.75, 3.05) is 21.3 Å². The molecule has 0 amide bonds. The highest BCUT2D eigenvalue weighted by atomic mass is 35.5. The van der Waals surface area contributed by atoms with Crippen LogP contribution in [0.4, 0.5) is 13.2 Å². The summed E-state index contributed by atoms with van der Waals surface area (Å²) in [5.41, 5.74) is -0.631. The molecule has 0 atom stereocenters. The van der Waals surface area contributed by atoms with Gasteiger partial charge < -0.3 is 9.47 Å². The average molecular weight is 424 g/mol. The van der Waals surface area contributed by atoms with E-state index in [2.05, 4.69) is 0 Å². The lowest BCUT2D eigenvalue weighted by atomic mass is 10.2. The third-order valence-electron chi connectivity index (χ3n) is 3.80. The first-order valence-electron chi connectivity index (χ1n) is 7.54. The molecule has 0 aromatic heterocycles. The molecule has 5 nitrogen and oxygen atoms in total. The van der Waals surface area contributed by atoms with E-state index in [4.69, 9.17) is 21.1 Å². The molecule has 0 bridgehead atoms. The first kappa shape index (κ1) is 21.3. The fraction of sp³-hybridized carbons (Fsp3) is 0.294. The minimum atomic E-state index is -4.76. The highest BCUT2D eigenvalue weighted by molar-refractivity contribution is 7.89. The van der Waals surface area contributed by atoms with Crippen molar-refractivity contribution in [1.82, 2.24) is 4.31 Å². The third-order valence-corrected chi connectivity index (χ3v) is 5.93. The molecular formula is C17H17ClF3NO4S. The van der Waals surface area contributed by atoms with Gasteiger partial charge in [0, 0.05) is 13.6 Å². The molecule has 0 saturated carbocycles. The Hall–Kier alpha value is -1.97. The number of ether oxygens (including phenoxy) is 2. The van der Waals surface area contributed by atoms with Crippen LogP contribution in [-0.2, 0) is 22.7 Å². The number of hydrogen-bond donors (Lipinski definition) is 0. The van der Waals surface area contributed by atoms with Gasteiger partial charge in [-0.3, -0.25) is 0 Å². The molecular weight excluding hydrogens is 407 g/mol. The van der Waals surface area contributed by atoms with Crippen LogP contribution >= 0.6 is 11.6 Å². The van der Waals surface area contributed by atoms with Crippen LogP contribution in [0.25, 0.3) is 0 Å². The van der Waals surface area contributed by atoms with Crippen LogP contribution in [0.1, 0.15) is 11.1 Å². The normalized spacial score (nSPS) is 12.3. The smallest absolute Gasteiger partial charge is 0.417 e. The Kier molecular flexibility index (Phi) is 6.28. The van der Waals surface area contributed by atoms with Crippen molar-refractivity contribution in [2.45, 2.75) is 17.6 Å². The SMILES string of the molecule is COc1ccc(CN(C)S(=O)(=O)c2ccc(Cl)c(C(F)(F)F)c2)cc1OC. The van der Waals surface area contributed by atoms with Gasteiger partial charge in [-0.25, -0.2) is 8.42 Å². The Balaban J connectivity index is 2.34. The molecule has 0 aliphatic heterocycles. The van der Waals surface area contributed by atoms with Crippen molar-refractivity contribution < 1.29 is 31.1 Å². The molecule has 2 rings (SSSR count). The van der Waals surface area contributed by atoms with Crippen molar-refractivity contribution >= 4 is 21.6 Å². The monoisotopic (exact) mass is 423 g/mol. The van der Waals surface area contributed by atoms with E-state index >= 15 is 0 Å². The highest BCUT2D eigenvalue weighted by Crippen LogP contribution is 2.36. The number of rotatable bonds is 6. The molecule has 0 saturated heterocycles. The summed E-state index contributed by atoms with van der Waals surface area (Å²) in [5, 5.41) is -0.566. The summed E-state index contributed by atoms with van der Waals surface area (Å²) < 4.78 is 75.5. The molecule has 0 aliphatic carbocycles. The van der Waals surface area contributed by atoms with Crippen LogP contribution in [0.5, 0.6) is 11.5 Å². The van der Waals surface area contributed by atoms with E-state index in [0.717, 1.165) is 16.4 Å². The lowest BCUT2D eigenvalue weighted by Gasteiger charge is -2.19. The summed E-state index contributed by atoms with van der Waals surface area (Å²) >= 11 is 5.55. The molecule has 148 valence electrons. The largest absolute Gasteiger partial charge is 0.493 e. The minimum absolute atomic E-state index is 0.0767. The second-order valence-corrected chi connectivity index (χ2v) is 8.04. The Labute approximate surface area is 160 Å². The van der Waals surface area contributed by atoms with E-state index in [9.17, 15) is 21.6 Å². The van der Waals surface area contributed by atoms with Gasteiger partial charge in [-0.1, -0.05) is 17.7 Å². The average Bonchev–Trinajstić information content (AvgIpc) is 2.60. The predicted molar refractivity (Wildman–Crippen MR) is 94.7 cm³/mol. The van der Waals surface area contributed by atoms with E-state index in [1.165, 1.54) is 21.3 Å². The molecule has 0 fully saturated rings. The van der Waals surface area contributed by atoms with E-state index in [1.807, 2.05) is 0 Å². The van der Waals surface area contributed by atoms with Gasteiger partial charge in [0.2, 0.25) is 10.0 Å². The van der Waals surface area contributed by atoms with Gasteiger partial charge >= 0.3 is 6.18 Å². The van der Waals surface area contributed by atoms with Gasteiger partial charge in [-0.2, -0.15) is 17.5 Å². The van der Waals surface area contributed by atoms with Crippen LogP contribution < -0.4 is 9.47 Å². The Morgan fingerprint density at radius 1 is 1.04 bits per heavy atom. The predicted octanol–water partition coefficient (Wildman–Crippen LogP) is 4.20. The lowest BCUT2D eigenvalue weighted by molar-refractivity contribution is -0.137. The summed E-state index contributed by atoms with van der Waals surface area (Å²) in [7, 11) is 0.00650. The van der Waals surface area contributed by atoms with Gasteiger partial charge in [0.05, 0.1) is 29.7 Å². The summed E-state index contributed by atoms with van der Waals surface area (Å²) in [5.74, 6) is 0.880. The summed E-state index contributed by atoms with van der Waals surface area (Å²) in [4.78, 5) is -0.498. The van der Waals surface area contributed by atoms with Crippen molar-refractivity contribution in [3.63, 3.8) is 0 Å². The molecule has 0 spiro atoms. The molecule has 0 unspecified atom stereocenters. The van der Waals surface area contributed by atoms with Gasteiger partial charge in [-0.15, -0.1) is 0 Å². The van der Waals surface area contributed by atoms with Crippen LogP contribution in [0.3, 0.4) is 0 Å². The number of sulfonamides is 1. The van der Waals surface area contributed by atoms with Gasteiger partial charge in [0.25, 0.3) is 0 Å². The van der Waals surface area contributed by atoms with Crippen molar-refractivity contribution in [3.8, 4) is 11.5 Å². The molecule has 0 N–H and O–H groups in total. The van der Waals surface area contributed by atoms with E-state index < -0.39 is 31.7 Å². The zero-order valence-electron chi connectivity index (χ0n) is 14.7. The molecule has 27 heavy (non-hydrogen) atoms. The maximum atomic E-state index is 13.0. The number of hydrogen-bond acceptors (Lipinski definition) is 4. The fourth-order valence-electron chi connectivity index (χ4n) is 2.38. The molecule has 2 aromatic carbocycles. The maximum Gasteiger partial charge on any atom is 0.417 e. The molecule has 0 radical (unpaired) electrons. The van der Waals surface area contributed by atoms with E-state index in [0.29, 0.717) is 23.1 Å². The van der Waals surface area contributed by atoms with Crippen LogP contribution in [-0.4, -0.2) is 34.0 Å². The standard InChI is InChI=1S/C17H17ClF3NO4S/c1-22(10-11-4-7-15(25-2)16(8-11)26-3)27(23,24)12-5-6-14(18)13(9-12)17(19,20)21/h4-9H,10H2,1-3H3.